The van der Waals surface area contributed by atoms with Crippen LogP contribution in [0, 0.1) is 0 Å². The number of methoxy groups -OCH3 is 1. The number of aliphatic hydroxyl groups excluding tert-OH is 2. The van der Waals surface area contributed by atoms with Gasteiger partial charge in [-0.25, -0.2) is 14.4 Å². The van der Waals surface area contributed by atoms with E-state index < -0.39 is 29.4 Å². The highest BCUT2D eigenvalue weighted by atomic mass is 16.6. The molecule has 0 heterocycles. The van der Waals surface area contributed by atoms with E-state index in [0.29, 0.717) is 5.56 Å². The molecular formula is C14H14O8. The zero-order chi connectivity index (χ0) is 16.5. The van der Waals surface area contributed by atoms with Crippen LogP contribution in [0.3, 0.4) is 0 Å². The Morgan fingerprint density at radius 3 is 2.05 bits per heavy atom. The fourth-order valence-electron chi connectivity index (χ4n) is 1.28. The number of esters is 3. The molecule has 0 unspecified atom stereocenters. The minimum absolute atomic E-state index is 0.258. The Hall–Kier alpha value is -3.03. The lowest BCUT2D eigenvalue weighted by atomic mass is 10.2. The van der Waals surface area contributed by atoms with E-state index in [-0.39, 0.29) is 13.2 Å². The van der Waals surface area contributed by atoms with Crippen LogP contribution in [-0.2, 0) is 23.8 Å². The monoisotopic (exact) mass is 310 g/mol. The smallest absolute Gasteiger partial charge is 0.377 e. The van der Waals surface area contributed by atoms with Gasteiger partial charge in [0.25, 0.3) is 11.5 Å². The first-order valence-electron chi connectivity index (χ1n) is 6.07. The highest BCUT2D eigenvalue weighted by Crippen LogP contribution is 2.03. The lowest BCUT2D eigenvalue weighted by Crippen LogP contribution is -2.18. The van der Waals surface area contributed by atoms with Crippen LogP contribution in [-0.4, -0.2) is 48.4 Å². The van der Waals surface area contributed by atoms with Gasteiger partial charge in [0.2, 0.25) is 0 Å². The summed E-state index contributed by atoms with van der Waals surface area (Å²) in [7, 11) is 0.959. The third-order valence-corrected chi connectivity index (χ3v) is 2.36. The molecule has 0 aliphatic heterocycles. The Morgan fingerprint density at radius 1 is 0.909 bits per heavy atom. The molecule has 0 bridgehead atoms. The maximum absolute atomic E-state index is 11.5. The van der Waals surface area contributed by atoms with Gasteiger partial charge in [0.05, 0.1) is 12.7 Å². The summed E-state index contributed by atoms with van der Waals surface area (Å²) in [6, 6.07) is 8.17. The summed E-state index contributed by atoms with van der Waals surface area (Å²) >= 11 is 0. The Kier molecular flexibility index (Phi) is 6.42. The van der Waals surface area contributed by atoms with Crippen molar-refractivity contribution in [2.45, 2.75) is 0 Å². The van der Waals surface area contributed by atoms with Gasteiger partial charge in [0.15, 0.2) is 0 Å². The molecule has 8 heteroatoms. The summed E-state index contributed by atoms with van der Waals surface area (Å²) in [5.41, 5.74) is 0.333. The van der Waals surface area contributed by atoms with Gasteiger partial charge in [-0.15, -0.1) is 0 Å². The van der Waals surface area contributed by atoms with E-state index >= 15 is 0 Å². The van der Waals surface area contributed by atoms with Crippen molar-refractivity contribution < 1.29 is 38.8 Å². The molecule has 1 aromatic carbocycles. The first kappa shape index (κ1) is 17.0. The zero-order valence-corrected chi connectivity index (χ0v) is 11.6. The SMILES string of the molecule is COC(=O)/C(O)=C(\O)C(=O)OCCOC(=O)c1ccccc1. The number of hydrogen-bond donors (Lipinski definition) is 2. The van der Waals surface area contributed by atoms with Gasteiger partial charge in [-0.3, -0.25) is 0 Å². The quantitative estimate of drug-likeness (QED) is 0.261. The molecule has 0 aliphatic rings. The van der Waals surface area contributed by atoms with Crippen molar-refractivity contribution >= 4 is 17.9 Å². The lowest BCUT2D eigenvalue weighted by Gasteiger charge is -2.06. The summed E-state index contributed by atoms with van der Waals surface area (Å²) in [4.78, 5) is 33.7. The molecule has 118 valence electrons. The molecule has 2 N–H and O–H groups in total. The Labute approximate surface area is 125 Å². The Balaban J connectivity index is 2.40. The molecule has 22 heavy (non-hydrogen) atoms. The second-order valence-corrected chi connectivity index (χ2v) is 3.83. The van der Waals surface area contributed by atoms with Crippen LogP contribution in [0.15, 0.2) is 41.9 Å². The summed E-state index contributed by atoms with van der Waals surface area (Å²) < 4.78 is 13.4. The lowest BCUT2D eigenvalue weighted by molar-refractivity contribution is -0.146. The van der Waals surface area contributed by atoms with E-state index in [2.05, 4.69) is 9.47 Å². The minimum atomic E-state index is -1.35. The highest BCUT2D eigenvalue weighted by molar-refractivity contribution is 5.96. The molecule has 0 aliphatic carbocycles. The molecule has 0 amide bonds. The predicted octanol–water partition coefficient (Wildman–Crippen LogP) is 0.887. The van der Waals surface area contributed by atoms with Crippen LogP contribution in [0.1, 0.15) is 10.4 Å². The van der Waals surface area contributed by atoms with Gasteiger partial charge in [-0.05, 0) is 12.1 Å². The first-order chi connectivity index (χ1) is 10.5. The molecule has 0 saturated heterocycles. The Bertz CT molecular complexity index is 576. The second kappa shape index (κ2) is 8.30. The van der Waals surface area contributed by atoms with E-state index in [1.807, 2.05) is 0 Å². The topological polar surface area (TPSA) is 119 Å². The zero-order valence-electron chi connectivity index (χ0n) is 11.6. The molecule has 0 saturated carbocycles. The van der Waals surface area contributed by atoms with Gasteiger partial charge in [-0.1, -0.05) is 18.2 Å². The molecule has 0 radical (unpaired) electrons. The third-order valence-electron chi connectivity index (χ3n) is 2.36. The Morgan fingerprint density at radius 2 is 1.45 bits per heavy atom. The van der Waals surface area contributed by atoms with E-state index in [1.54, 1.807) is 30.3 Å². The van der Waals surface area contributed by atoms with E-state index in [0.717, 1.165) is 7.11 Å². The van der Waals surface area contributed by atoms with Gasteiger partial charge in [0, 0.05) is 0 Å². The normalized spacial score (nSPS) is 11.1. The fraction of sp³-hybridized carbons (Fsp3) is 0.214. The number of ether oxygens (including phenoxy) is 3. The van der Waals surface area contributed by atoms with Crippen molar-refractivity contribution in [2.24, 2.45) is 0 Å². The second-order valence-electron chi connectivity index (χ2n) is 3.83. The van der Waals surface area contributed by atoms with Gasteiger partial charge < -0.3 is 24.4 Å². The fourth-order valence-corrected chi connectivity index (χ4v) is 1.28. The number of carbonyl (C=O) groups is 3. The predicted molar refractivity (Wildman–Crippen MR) is 72.0 cm³/mol. The van der Waals surface area contributed by atoms with Gasteiger partial charge in [-0.2, -0.15) is 0 Å². The molecule has 0 atom stereocenters. The number of benzene rings is 1. The average molecular weight is 310 g/mol. The van der Waals surface area contributed by atoms with Crippen LogP contribution < -0.4 is 0 Å². The van der Waals surface area contributed by atoms with Crippen molar-refractivity contribution in [2.75, 3.05) is 20.3 Å². The molecular weight excluding hydrogens is 296 g/mol. The summed E-state index contributed by atoms with van der Waals surface area (Å²) in [5, 5.41) is 18.3. The van der Waals surface area contributed by atoms with Crippen LogP contribution in [0.25, 0.3) is 0 Å². The minimum Gasteiger partial charge on any atom is -0.499 e. The van der Waals surface area contributed by atoms with Crippen LogP contribution in [0.5, 0.6) is 0 Å². The van der Waals surface area contributed by atoms with Gasteiger partial charge in [0.1, 0.15) is 13.2 Å². The van der Waals surface area contributed by atoms with E-state index in [4.69, 9.17) is 9.84 Å². The van der Waals surface area contributed by atoms with Crippen molar-refractivity contribution in [1.29, 1.82) is 0 Å². The largest absolute Gasteiger partial charge is 0.499 e. The van der Waals surface area contributed by atoms with Crippen LogP contribution in [0.4, 0.5) is 0 Å². The molecule has 0 spiro atoms. The van der Waals surface area contributed by atoms with Crippen molar-refractivity contribution in [3.05, 3.63) is 47.4 Å². The van der Waals surface area contributed by atoms with Crippen LogP contribution >= 0.6 is 0 Å². The number of hydrogen-bond acceptors (Lipinski definition) is 8. The van der Waals surface area contributed by atoms with Crippen molar-refractivity contribution in [3.63, 3.8) is 0 Å². The average Bonchev–Trinajstić information content (AvgIpc) is 2.56. The molecule has 0 aromatic heterocycles. The van der Waals surface area contributed by atoms with Crippen LogP contribution in [0.2, 0.25) is 0 Å². The van der Waals surface area contributed by atoms with E-state index in [9.17, 15) is 19.5 Å². The summed E-state index contributed by atoms with van der Waals surface area (Å²) in [6.45, 7) is -0.623. The summed E-state index contributed by atoms with van der Waals surface area (Å²) in [6.07, 6.45) is 0. The number of carbonyl (C=O) groups excluding carboxylic acids is 3. The van der Waals surface area contributed by atoms with Gasteiger partial charge >= 0.3 is 17.9 Å². The molecule has 8 nitrogen and oxygen atoms in total. The maximum Gasteiger partial charge on any atom is 0.377 e. The third kappa shape index (κ3) is 4.82. The first-order valence-corrected chi connectivity index (χ1v) is 6.07. The summed E-state index contributed by atoms with van der Waals surface area (Å²) in [5.74, 6) is -5.80. The standard InChI is InChI=1S/C14H14O8/c1-20-13(18)10(15)11(16)14(19)22-8-7-21-12(17)9-5-3-2-4-6-9/h2-6,15-16H,7-8H2,1H3/b11-10+. The van der Waals surface area contributed by atoms with Crippen molar-refractivity contribution in [1.82, 2.24) is 0 Å². The highest BCUT2D eigenvalue weighted by Gasteiger charge is 2.21. The van der Waals surface area contributed by atoms with E-state index in [1.165, 1.54) is 0 Å². The van der Waals surface area contributed by atoms with Crippen molar-refractivity contribution in [3.8, 4) is 0 Å². The molecule has 1 aromatic rings. The molecule has 0 fully saturated rings. The number of aliphatic hydroxyl groups is 2. The molecule has 1 rings (SSSR count). The number of rotatable bonds is 6. The maximum atomic E-state index is 11.5.